The van der Waals surface area contributed by atoms with Crippen LogP contribution in [0.3, 0.4) is 0 Å². The van der Waals surface area contributed by atoms with Crippen LogP contribution >= 0.6 is 27.3 Å². The minimum Gasteiger partial charge on any atom is -0.496 e. The number of nitrogens with one attached hydrogen (secondary N) is 1. The Balaban J connectivity index is 2.01. The highest BCUT2D eigenvalue weighted by molar-refractivity contribution is 9.10. The third-order valence-corrected chi connectivity index (χ3v) is 4.51. The van der Waals surface area contributed by atoms with Crippen LogP contribution in [0.1, 0.15) is 23.4 Å². The number of rotatable bonds is 5. The molecule has 2 rings (SSSR count). The van der Waals surface area contributed by atoms with Crippen molar-refractivity contribution in [3.8, 4) is 5.75 Å². The van der Waals surface area contributed by atoms with Gasteiger partial charge in [-0.2, -0.15) is 0 Å². The molecule has 0 aliphatic heterocycles. The second-order valence-corrected chi connectivity index (χ2v) is 5.99. The van der Waals surface area contributed by atoms with Gasteiger partial charge in [0.15, 0.2) is 0 Å². The van der Waals surface area contributed by atoms with Gasteiger partial charge in [-0.1, -0.05) is 18.2 Å². The number of thiophene rings is 1. The van der Waals surface area contributed by atoms with E-state index in [4.69, 9.17) is 4.74 Å². The highest BCUT2D eigenvalue weighted by Crippen LogP contribution is 2.25. The van der Waals surface area contributed by atoms with Crippen molar-refractivity contribution < 1.29 is 4.74 Å². The zero-order valence-electron chi connectivity index (χ0n) is 10.4. The molecule has 0 spiro atoms. The van der Waals surface area contributed by atoms with Crippen LogP contribution in [0.25, 0.3) is 0 Å². The zero-order chi connectivity index (χ0) is 13.0. The van der Waals surface area contributed by atoms with Gasteiger partial charge in [-0.15, -0.1) is 11.3 Å². The molecule has 0 saturated heterocycles. The van der Waals surface area contributed by atoms with E-state index in [1.807, 2.05) is 18.2 Å². The Morgan fingerprint density at radius 2 is 2.17 bits per heavy atom. The smallest absolute Gasteiger partial charge is 0.123 e. The maximum atomic E-state index is 5.38. The maximum Gasteiger partial charge on any atom is 0.123 e. The van der Waals surface area contributed by atoms with Crippen LogP contribution in [0.4, 0.5) is 0 Å². The van der Waals surface area contributed by atoms with Crippen LogP contribution in [0.5, 0.6) is 5.75 Å². The fraction of sp³-hybridized carbons (Fsp3) is 0.286. The van der Waals surface area contributed by atoms with Crippen molar-refractivity contribution in [2.75, 3.05) is 7.11 Å². The Labute approximate surface area is 120 Å². The predicted octanol–water partition coefficient (Wildman–Crippen LogP) is 4.37. The molecule has 1 aromatic carbocycles. The Morgan fingerprint density at radius 1 is 1.39 bits per heavy atom. The lowest BCUT2D eigenvalue weighted by molar-refractivity contribution is 0.401. The Kier molecular flexibility index (Phi) is 4.80. The molecule has 2 nitrogen and oxygen atoms in total. The van der Waals surface area contributed by atoms with Crippen LogP contribution in [0, 0.1) is 0 Å². The third-order valence-electron chi connectivity index (χ3n) is 2.81. The maximum absolute atomic E-state index is 5.38. The van der Waals surface area contributed by atoms with Gasteiger partial charge in [0.1, 0.15) is 5.75 Å². The molecular formula is C14H16BrNOS. The van der Waals surface area contributed by atoms with Gasteiger partial charge in [-0.3, -0.25) is 0 Å². The summed E-state index contributed by atoms with van der Waals surface area (Å²) in [6.45, 7) is 3.02. The van der Waals surface area contributed by atoms with Crippen molar-refractivity contribution in [1.82, 2.24) is 5.32 Å². The molecule has 18 heavy (non-hydrogen) atoms. The Hall–Kier alpha value is -0.840. The summed E-state index contributed by atoms with van der Waals surface area (Å²) in [6, 6.07) is 10.5. The molecule has 0 radical (unpaired) electrons. The molecule has 1 atom stereocenters. The van der Waals surface area contributed by atoms with E-state index in [0.29, 0.717) is 0 Å². The second-order valence-electron chi connectivity index (χ2n) is 4.08. The van der Waals surface area contributed by atoms with Gasteiger partial charge in [0, 0.05) is 32.9 Å². The molecule has 0 aliphatic rings. The van der Waals surface area contributed by atoms with Crippen LogP contribution in [0.2, 0.25) is 0 Å². The normalized spacial score (nSPS) is 12.4. The minimum absolute atomic E-state index is 0.266. The van der Waals surface area contributed by atoms with Gasteiger partial charge >= 0.3 is 0 Å². The fourth-order valence-corrected chi connectivity index (χ4v) is 3.24. The molecule has 4 heteroatoms. The molecule has 96 valence electrons. The summed E-state index contributed by atoms with van der Waals surface area (Å²) in [4.78, 5) is 1.32. The summed E-state index contributed by atoms with van der Waals surface area (Å²) in [5.41, 5.74) is 1.19. The highest BCUT2D eigenvalue weighted by atomic mass is 79.9. The zero-order valence-corrected chi connectivity index (χ0v) is 12.8. The number of benzene rings is 1. The standard InChI is InChI=1S/C14H16BrNOS/c1-10(13-5-3-4-6-14(13)17-2)16-8-12-7-11(15)9-18-12/h3-7,9-10,16H,8H2,1-2H3/t10-/m0/s1. The minimum atomic E-state index is 0.266. The van der Waals surface area contributed by atoms with Crippen molar-refractivity contribution in [2.24, 2.45) is 0 Å². The first-order valence-corrected chi connectivity index (χ1v) is 7.47. The van der Waals surface area contributed by atoms with E-state index in [1.54, 1.807) is 18.4 Å². The molecule has 0 unspecified atom stereocenters. The van der Waals surface area contributed by atoms with E-state index in [1.165, 1.54) is 10.4 Å². The summed E-state index contributed by atoms with van der Waals surface area (Å²) < 4.78 is 6.53. The summed E-state index contributed by atoms with van der Waals surface area (Å²) in [5, 5.41) is 5.61. The van der Waals surface area contributed by atoms with E-state index < -0.39 is 0 Å². The Morgan fingerprint density at radius 3 is 2.83 bits per heavy atom. The van der Waals surface area contributed by atoms with Gasteiger partial charge in [-0.05, 0) is 35.0 Å². The number of methoxy groups -OCH3 is 1. The van der Waals surface area contributed by atoms with Crippen LogP contribution in [0.15, 0.2) is 40.2 Å². The first-order valence-electron chi connectivity index (χ1n) is 5.80. The van der Waals surface area contributed by atoms with E-state index in [2.05, 4.69) is 45.7 Å². The largest absolute Gasteiger partial charge is 0.496 e. The number of hydrogen-bond acceptors (Lipinski definition) is 3. The lowest BCUT2D eigenvalue weighted by Crippen LogP contribution is -2.18. The molecule has 0 bridgehead atoms. The first-order chi connectivity index (χ1) is 8.70. The summed E-state index contributed by atoms with van der Waals surface area (Å²) >= 11 is 5.23. The lowest BCUT2D eigenvalue weighted by atomic mass is 10.1. The van der Waals surface area contributed by atoms with Gasteiger partial charge in [0.2, 0.25) is 0 Å². The van der Waals surface area contributed by atoms with Crippen molar-refractivity contribution >= 4 is 27.3 Å². The monoisotopic (exact) mass is 325 g/mol. The van der Waals surface area contributed by atoms with E-state index in [9.17, 15) is 0 Å². The molecule has 1 aromatic heterocycles. The predicted molar refractivity (Wildman–Crippen MR) is 80.3 cm³/mol. The van der Waals surface area contributed by atoms with Crippen LogP contribution < -0.4 is 10.1 Å². The number of halogens is 1. The third kappa shape index (κ3) is 3.34. The molecule has 0 saturated carbocycles. The summed E-state index contributed by atoms with van der Waals surface area (Å²) in [5.74, 6) is 0.935. The van der Waals surface area contributed by atoms with E-state index in [0.717, 1.165) is 16.8 Å². The quantitative estimate of drug-likeness (QED) is 0.881. The van der Waals surface area contributed by atoms with E-state index in [-0.39, 0.29) is 6.04 Å². The van der Waals surface area contributed by atoms with Gasteiger partial charge in [0.25, 0.3) is 0 Å². The molecule has 0 fully saturated rings. The van der Waals surface area contributed by atoms with Gasteiger partial charge < -0.3 is 10.1 Å². The molecule has 1 N–H and O–H groups in total. The SMILES string of the molecule is COc1ccccc1[C@H](C)NCc1cc(Br)cs1. The topological polar surface area (TPSA) is 21.3 Å². The van der Waals surface area contributed by atoms with Crippen molar-refractivity contribution in [2.45, 2.75) is 19.5 Å². The lowest BCUT2D eigenvalue weighted by Gasteiger charge is -2.16. The van der Waals surface area contributed by atoms with Crippen molar-refractivity contribution in [1.29, 1.82) is 0 Å². The highest BCUT2D eigenvalue weighted by Gasteiger charge is 2.10. The molecule has 0 amide bonds. The fourth-order valence-electron chi connectivity index (χ4n) is 1.83. The van der Waals surface area contributed by atoms with Gasteiger partial charge in [-0.25, -0.2) is 0 Å². The summed E-state index contributed by atoms with van der Waals surface area (Å²) in [7, 11) is 1.71. The molecule has 0 aliphatic carbocycles. The second kappa shape index (κ2) is 6.36. The van der Waals surface area contributed by atoms with E-state index >= 15 is 0 Å². The van der Waals surface area contributed by atoms with Crippen molar-refractivity contribution in [3.05, 3.63) is 50.6 Å². The average molecular weight is 326 g/mol. The van der Waals surface area contributed by atoms with Gasteiger partial charge in [0.05, 0.1) is 7.11 Å². The average Bonchev–Trinajstić information content (AvgIpc) is 2.81. The molecule has 1 heterocycles. The molecule has 2 aromatic rings. The van der Waals surface area contributed by atoms with Crippen molar-refractivity contribution in [3.63, 3.8) is 0 Å². The summed E-state index contributed by atoms with van der Waals surface area (Å²) in [6.07, 6.45) is 0. The number of para-hydroxylation sites is 1. The molecular weight excluding hydrogens is 310 g/mol. The number of ether oxygens (including phenoxy) is 1. The van der Waals surface area contributed by atoms with Crippen LogP contribution in [-0.2, 0) is 6.54 Å². The number of hydrogen-bond donors (Lipinski definition) is 1. The first kappa shape index (κ1) is 13.6. The van der Waals surface area contributed by atoms with Crippen LogP contribution in [-0.4, -0.2) is 7.11 Å². The Bertz CT molecular complexity index is 512.